The minimum absolute atomic E-state index is 1.10. The number of rotatable bonds is 1. The van der Waals surface area contributed by atoms with Gasteiger partial charge in [-0.3, -0.25) is 0 Å². The van der Waals surface area contributed by atoms with Crippen LogP contribution in [0.25, 0.3) is 20.9 Å². The molecule has 0 saturated heterocycles. The van der Waals surface area contributed by atoms with Crippen molar-refractivity contribution in [1.82, 2.24) is 0 Å². The number of fused-ring (bicyclic) bond motifs is 3. The highest BCUT2D eigenvalue weighted by molar-refractivity contribution is 7.20. The zero-order chi connectivity index (χ0) is 15.5. The third kappa shape index (κ3) is 3.00. The highest BCUT2D eigenvalue weighted by Crippen LogP contribution is 2.35. The fourth-order valence-corrected chi connectivity index (χ4v) is 4.50. The summed E-state index contributed by atoms with van der Waals surface area (Å²) in [6.07, 6.45) is 1.10. The maximum Gasteiger partial charge on any atom is 0.0442 e. The number of hydrogen-bond acceptors (Lipinski definition) is 2. The lowest BCUT2D eigenvalue weighted by molar-refractivity contribution is 1.26. The second-order valence-corrected chi connectivity index (χ2v) is 7.34. The second kappa shape index (κ2) is 6.53. The van der Waals surface area contributed by atoms with Gasteiger partial charge < -0.3 is 0 Å². The molecule has 2 aromatic carbocycles. The third-order valence-corrected chi connectivity index (χ3v) is 5.93. The van der Waals surface area contributed by atoms with Crippen LogP contribution in [0.2, 0.25) is 0 Å². The van der Waals surface area contributed by atoms with Crippen molar-refractivity contribution in [3.05, 3.63) is 94.7 Å². The van der Waals surface area contributed by atoms with Crippen LogP contribution in [0.4, 0.5) is 0 Å². The molecule has 0 unspecified atom stereocenters. The standard InChI is InChI=1S/C13H10.C8H6S2/c1-3-7-12-10(5-1)9-11-6-2-4-8-13(11)12;1-3-7(9-5-1)8-4-2-6-10-8/h1-8H,9H2;1-6H. The fourth-order valence-electron chi connectivity index (χ4n) is 2.92. The molecule has 0 fully saturated rings. The molecule has 0 N–H and O–H groups in total. The predicted octanol–water partition coefficient (Wildman–Crippen LogP) is 6.73. The van der Waals surface area contributed by atoms with Crippen molar-refractivity contribution in [2.75, 3.05) is 0 Å². The average Bonchev–Trinajstić information content (AvgIpc) is 3.34. The van der Waals surface area contributed by atoms with Gasteiger partial charge in [-0.25, -0.2) is 0 Å². The molecule has 2 heterocycles. The normalized spacial score (nSPS) is 11.3. The molecule has 2 heteroatoms. The van der Waals surface area contributed by atoms with Crippen LogP contribution in [0.5, 0.6) is 0 Å². The van der Waals surface area contributed by atoms with Crippen molar-refractivity contribution < 1.29 is 0 Å². The minimum Gasteiger partial charge on any atom is -0.143 e. The Kier molecular flexibility index (Phi) is 4.10. The van der Waals surface area contributed by atoms with Crippen molar-refractivity contribution in [1.29, 1.82) is 0 Å². The smallest absolute Gasteiger partial charge is 0.0442 e. The first-order chi connectivity index (χ1) is 11.4. The molecular weight excluding hydrogens is 316 g/mol. The summed E-state index contributed by atoms with van der Waals surface area (Å²) in [5.41, 5.74) is 5.75. The molecule has 0 bridgehead atoms. The largest absolute Gasteiger partial charge is 0.143 e. The quantitative estimate of drug-likeness (QED) is 0.319. The molecule has 4 aromatic rings. The van der Waals surface area contributed by atoms with Crippen LogP contribution in [0.1, 0.15) is 11.1 Å². The average molecular weight is 332 g/mol. The molecule has 0 aliphatic heterocycles. The first-order valence-corrected chi connectivity index (χ1v) is 9.41. The van der Waals surface area contributed by atoms with Gasteiger partial charge in [0, 0.05) is 9.75 Å². The van der Waals surface area contributed by atoms with Crippen molar-refractivity contribution in [3.63, 3.8) is 0 Å². The van der Waals surface area contributed by atoms with Gasteiger partial charge >= 0.3 is 0 Å². The van der Waals surface area contributed by atoms with Gasteiger partial charge in [0.05, 0.1) is 0 Å². The maximum absolute atomic E-state index is 2.22. The lowest BCUT2D eigenvalue weighted by Crippen LogP contribution is -1.77. The van der Waals surface area contributed by atoms with Crippen LogP contribution < -0.4 is 0 Å². The van der Waals surface area contributed by atoms with Gasteiger partial charge in [-0.05, 0) is 51.6 Å². The van der Waals surface area contributed by atoms with E-state index in [-0.39, 0.29) is 0 Å². The highest BCUT2D eigenvalue weighted by Gasteiger charge is 2.15. The fraction of sp³-hybridized carbons (Fsp3) is 0.0476. The van der Waals surface area contributed by atoms with E-state index in [4.69, 9.17) is 0 Å². The molecule has 0 nitrogen and oxygen atoms in total. The summed E-state index contributed by atoms with van der Waals surface area (Å²) in [5, 5.41) is 4.21. The summed E-state index contributed by atoms with van der Waals surface area (Å²) >= 11 is 3.58. The summed E-state index contributed by atoms with van der Waals surface area (Å²) in [5.74, 6) is 0. The first-order valence-electron chi connectivity index (χ1n) is 7.65. The summed E-state index contributed by atoms with van der Waals surface area (Å²) in [6.45, 7) is 0. The topological polar surface area (TPSA) is 0 Å². The van der Waals surface area contributed by atoms with Crippen molar-refractivity contribution >= 4 is 22.7 Å². The molecule has 0 amide bonds. The summed E-state index contributed by atoms with van der Waals surface area (Å²) in [7, 11) is 0. The van der Waals surface area contributed by atoms with Crippen LogP contribution in [0, 0.1) is 0 Å². The van der Waals surface area contributed by atoms with Gasteiger partial charge in [0.1, 0.15) is 0 Å². The molecule has 0 spiro atoms. The molecule has 23 heavy (non-hydrogen) atoms. The van der Waals surface area contributed by atoms with Crippen molar-refractivity contribution in [3.8, 4) is 20.9 Å². The zero-order valence-corrected chi connectivity index (χ0v) is 14.2. The van der Waals surface area contributed by atoms with Crippen molar-refractivity contribution in [2.24, 2.45) is 0 Å². The van der Waals surface area contributed by atoms with Gasteiger partial charge in [-0.15, -0.1) is 22.7 Å². The van der Waals surface area contributed by atoms with Gasteiger partial charge in [0.25, 0.3) is 0 Å². The lowest BCUT2D eigenvalue weighted by atomic mass is 10.1. The van der Waals surface area contributed by atoms with E-state index in [0.717, 1.165) is 6.42 Å². The van der Waals surface area contributed by atoms with Crippen LogP contribution >= 0.6 is 22.7 Å². The minimum atomic E-state index is 1.10. The molecular formula is C21H16S2. The van der Waals surface area contributed by atoms with E-state index in [0.29, 0.717) is 0 Å². The molecule has 0 saturated carbocycles. The Morgan fingerprint density at radius 3 is 1.43 bits per heavy atom. The van der Waals surface area contributed by atoms with Gasteiger partial charge in [0.2, 0.25) is 0 Å². The Morgan fingerprint density at radius 1 is 0.522 bits per heavy atom. The number of thiophene rings is 2. The van der Waals surface area contributed by atoms with E-state index in [9.17, 15) is 0 Å². The Labute approximate surface area is 144 Å². The highest BCUT2D eigenvalue weighted by atomic mass is 32.1. The van der Waals surface area contributed by atoms with E-state index >= 15 is 0 Å². The number of hydrogen-bond donors (Lipinski definition) is 0. The van der Waals surface area contributed by atoms with E-state index in [1.807, 2.05) is 0 Å². The monoisotopic (exact) mass is 332 g/mol. The maximum atomic E-state index is 2.22. The van der Waals surface area contributed by atoms with E-state index in [1.165, 1.54) is 32.0 Å². The second-order valence-electron chi connectivity index (χ2n) is 5.45. The summed E-state index contributed by atoms with van der Waals surface area (Å²) in [4.78, 5) is 2.74. The molecule has 1 aliphatic carbocycles. The first kappa shape index (κ1) is 14.4. The Morgan fingerprint density at radius 2 is 1.00 bits per heavy atom. The summed E-state index contributed by atoms with van der Waals surface area (Å²) in [6, 6.07) is 25.8. The molecule has 0 radical (unpaired) electrons. The molecule has 1 aliphatic rings. The van der Waals surface area contributed by atoms with Gasteiger partial charge in [-0.1, -0.05) is 60.7 Å². The summed E-state index contributed by atoms with van der Waals surface area (Å²) < 4.78 is 0. The molecule has 0 atom stereocenters. The predicted molar refractivity (Wildman–Crippen MR) is 102 cm³/mol. The van der Waals surface area contributed by atoms with Gasteiger partial charge in [0.15, 0.2) is 0 Å². The Hall–Kier alpha value is -2.16. The van der Waals surface area contributed by atoms with Crippen LogP contribution in [-0.2, 0) is 6.42 Å². The van der Waals surface area contributed by atoms with Crippen LogP contribution in [0.15, 0.2) is 83.6 Å². The van der Waals surface area contributed by atoms with E-state index in [1.54, 1.807) is 22.7 Å². The molecule has 5 rings (SSSR count). The molecule has 2 aromatic heterocycles. The molecule has 112 valence electrons. The zero-order valence-electron chi connectivity index (χ0n) is 12.6. The van der Waals surface area contributed by atoms with E-state index in [2.05, 4.69) is 83.6 Å². The third-order valence-electron chi connectivity index (χ3n) is 3.99. The Bertz CT molecular complexity index is 812. The van der Waals surface area contributed by atoms with E-state index < -0.39 is 0 Å². The number of benzene rings is 2. The van der Waals surface area contributed by atoms with Crippen LogP contribution in [-0.4, -0.2) is 0 Å². The van der Waals surface area contributed by atoms with Gasteiger partial charge in [-0.2, -0.15) is 0 Å². The van der Waals surface area contributed by atoms with Crippen LogP contribution in [0.3, 0.4) is 0 Å². The Balaban J connectivity index is 0.000000122. The SMILES string of the molecule is c1ccc2c(c1)Cc1ccccc1-2.c1csc(-c2cccs2)c1. The van der Waals surface area contributed by atoms with Crippen molar-refractivity contribution in [2.45, 2.75) is 6.42 Å². The lowest BCUT2D eigenvalue weighted by Gasteiger charge is -1.98.